The van der Waals surface area contributed by atoms with Gasteiger partial charge in [-0.2, -0.15) is 0 Å². The van der Waals surface area contributed by atoms with Crippen LogP contribution in [0.4, 0.5) is 5.82 Å². The number of hydrogen-bond acceptors (Lipinski definition) is 7. The predicted octanol–water partition coefficient (Wildman–Crippen LogP) is 2.44. The maximum Gasteiger partial charge on any atom is 0.154 e. The molecule has 2 aromatic rings. The van der Waals surface area contributed by atoms with E-state index in [0.717, 1.165) is 48.6 Å². The molecule has 2 N–H and O–H groups in total. The molecule has 1 unspecified atom stereocenters. The van der Waals surface area contributed by atoms with Gasteiger partial charge in [0.05, 0.1) is 20.3 Å². The van der Waals surface area contributed by atoms with Crippen molar-refractivity contribution in [3.63, 3.8) is 0 Å². The number of likely N-dealkylation sites (N-methyl/N-ethyl adjacent to an activating group) is 1. The van der Waals surface area contributed by atoms with E-state index in [9.17, 15) is 5.11 Å². The summed E-state index contributed by atoms with van der Waals surface area (Å²) in [5, 5.41) is 23.0. The number of aromatic hydroxyl groups is 1. The van der Waals surface area contributed by atoms with Crippen molar-refractivity contribution in [1.82, 2.24) is 15.1 Å². The Labute approximate surface area is 159 Å². The van der Waals surface area contributed by atoms with Gasteiger partial charge in [0.1, 0.15) is 17.2 Å². The number of likely N-dealkylation sites (tertiary alicyclic amines) is 1. The van der Waals surface area contributed by atoms with Crippen molar-refractivity contribution in [2.75, 3.05) is 39.2 Å². The number of ether oxygens (including phenoxy) is 2. The van der Waals surface area contributed by atoms with Gasteiger partial charge in [-0.25, -0.2) is 0 Å². The quantitative estimate of drug-likeness (QED) is 0.856. The van der Waals surface area contributed by atoms with Gasteiger partial charge in [0.2, 0.25) is 0 Å². The number of benzene rings is 1. The van der Waals surface area contributed by atoms with Gasteiger partial charge in [-0.1, -0.05) is 0 Å². The topological polar surface area (TPSA) is 79.7 Å². The molecule has 0 amide bonds. The van der Waals surface area contributed by atoms with E-state index in [1.165, 1.54) is 6.42 Å². The van der Waals surface area contributed by atoms with Crippen LogP contribution in [0.5, 0.6) is 11.5 Å². The summed E-state index contributed by atoms with van der Waals surface area (Å²) >= 11 is 0. The minimum atomic E-state index is 0.145. The number of anilines is 1. The molecule has 27 heavy (non-hydrogen) atoms. The Morgan fingerprint density at radius 3 is 2.96 bits per heavy atom. The van der Waals surface area contributed by atoms with Crippen LogP contribution in [0.1, 0.15) is 24.0 Å². The molecule has 0 aliphatic carbocycles. The normalized spacial score (nSPS) is 20.1. The molecule has 144 valence electrons. The Morgan fingerprint density at radius 1 is 1.30 bits per heavy atom. The van der Waals surface area contributed by atoms with Crippen molar-refractivity contribution in [1.29, 1.82) is 0 Å². The number of nitrogens with one attached hydrogen (secondary N) is 1. The van der Waals surface area contributed by atoms with Crippen LogP contribution >= 0.6 is 0 Å². The van der Waals surface area contributed by atoms with E-state index in [2.05, 4.69) is 27.5 Å². The van der Waals surface area contributed by atoms with E-state index in [1.807, 2.05) is 12.1 Å². The average molecular weight is 370 g/mol. The van der Waals surface area contributed by atoms with Gasteiger partial charge < -0.3 is 24.8 Å². The Balaban J connectivity index is 1.69. The van der Waals surface area contributed by atoms with Gasteiger partial charge >= 0.3 is 0 Å². The molecule has 1 atom stereocenters. The third-order valence-electron chi connectivity index (χ3n) is 5.35. The van der Waals surface area contributed by atoms with Gasteiger partial charge in [-0.3, -0.25) is 0 Å². The fourth-order valence-electron chi connectivity index (χ4n) is 3.93. The zero-order valence-electron chi connectivity index (χ0n) is 15.9. The summed E-state index contributed by atoms with van der Waals surface area (Å²) in [7, 11) is 3.73. The van der Waals surface area contributed by atoms with Gasteiger partial charge in [0.15, 0.2) is 5.82 Å². The molecule has 1 fully saturated rings. The summed E-state index contributed by atoms with van der Waals surface area (Å²) in [5.41, 5.74) is 3.54. The van der Waals surface area contributed by atoms with Crippen LogP contribution in [0.2, 0.25) is 0 Å². The van der Waals surface area contributed by atoms with E-state index in [4.69, 9.17) is 9.47 Å². The highest BCUT2D eigenvalue weighted by molar-refractivity contribution is 5.73. The summed E-state index contributed by atoms with van der Waals surface area (Å²) in [6.45, 7) is 3.30. The summed E-state index contributed by atoms with van der Waals surface area (Å²) in [5.74, 6) is 1.56. The van der Waals surface area contributed by atoms with Gasteiger partial charge in [-0.15, -0.1) is 10.2 Å². The minimum Gasteiger partial charge on any atom is -0.507 e. The molecule has 3 heterocycles. The molecule has 1 aromatic heterocycles. The van der Waals surface area contributed by atoms with Crippen LogP contribution in [-0.4, -0.2) is 60.1 Å². The number of piperidine rings is 1. The van der Waals surface area contributed by atoms with E-state index in [0.29, 0.717) is 30.6 Å². The molecule has 0 saturated carbocycles. The molecule has 0 bridgehead atoms. The number of hydrogen-bond donors (Lipinski definition) is 2. The van der Waals surface area contributed by atoms with Crippen molar-refractivity contribution in [3.8, 4) is 22.8 Å². The first-order chi connectivity index (χ1) is 13.2. The third-order valence-corrected chi connectivity index (χ3v) is 5.35. The molecule has 2 aliphatic heterocycles. The standard InChI is InChI=1S/C20H26N4O3/c1-24-8-3-4-13(11-24)21-20-17-12-27-9-7-15(17)19(22-23-20)16-6-5-14(26-2)10-18(16)25/h5-6,10,13,25H,3-4,7-9,11-12H2,1-2H3,(H,21,23). The Kier molecular flexibility index (Phi) is 5.13. The second-order valence-electron chi connectivity index (χ2n) is 7.29. The molecular formula is C20H26N4O3. The number of fused-ring (bicyclic) bond motifs is 1. The second kappa shape index (κ2) is 7.70. The fraction of sp³-hybridized carbons (Fsp3) is 0.500. The van der Waals surface area contributed by atoms with E-state index in [-0.39, 0.29) is 5.75 Å². The minimum absolute atomic E-state index is 0.145. The second-order valence-corrected chi connectivity index (χ2v) is 7.29. The van der Waals surface area contributed by atoms with E-state index < -0.39 is 0 Å². The molecule has 2 aliphatic rings. The van der Waals surface area contributed by atoms with Gasteiger partial charge in [0, 0.05) is 29.8 Å². The Bertz CT molecular complexity index is 827. The molecule has 7 heteroatoms. The lowest BCUT2D eigenvalue weighted by molar-refractivity contribution is 0.111. The molecule has 0 spiro atoms. The summed E-state index contributed by atoms with van der Waals surface area (Å²) in [4.78, 5) is 2.33. The van der Waals surface area contributed by atoms with Crippen LogP contribution in [0, 0.1) is 0 Å². The molecule has 0 radical (unpaired) electrons. The van der Waals surface area contributed by atoms with E-state index >= 15 is 0 Å². The van der Waals surface area contributed by atoms with Crippen LogP contribution in [0.3, 0.4) is 0 Å². The van der Waals surface area contributed by atoms with Gasteiger partial charge in [0.25, 0.3) is 0 Å². The lowest BCUT2D eigenvalue weighted by atomic mass is 9.97. The highest BCUT2D eigenvalue weighted by atomic mass is 16.5. The monoisotopic (exact) mass is 370 g/mol. The number of nitrogens with zero attached hydrogens (tertiary/aromatic N) is 3. The smallest absolute Gasteiger partial charge is 0.154 e. The van der Waals surface area contributed by atoms with Crippen molar-refractivity contribution < 1.29 is 14.6 Å². The largest absolute Gasteiger partial charge is 0.507 e. The molecule has 7 nitrogen and oxygen atoms in total. The van der Waals surface area contributed by atoms with Crippen molar-refractivity contribution in [2.45, 2.75) is 31.9 Å². The lowest BCUT2D eigenvalue weighted by Crippen LogP contribution is -2.40. The number of phenols is 1. The fourth-order valence-corrected chi connectivity index (χ4v) is 3.93. The van der Waals surface area contributed by atoms with Crippen molar-refractivity contribution in [2.24, 2.45) is 0 Å². The number of phenolic OH excluding ortho intramolecular Hbond substituents is 1. The highest BCUT2D eigenvalue weighted by Crippen LogP contribution is 2.37. The summed E-state index contributed by atoms with van der Waals surface area (Å²) in [6.07, 6.45) is 3.06. The SMILES string of the molecule is COc1ccc(-c2nnc(NC3CCCN(C)C3)c3c2CCOC3)c(O)c1. The maximum absolute atomic E-state index is 10.4. The van der Waals surface area contributed by atoms with Crippen molar-refractivity contribution >= 4 is 5.82 Å². The predicted molar refractivity (Wildman–Crippen MR) is 103 cm³/mol. The molecule has 1 saturated heterocycles. The molecule has 1 aromatic carbocycles. The van der Waals surface area contributed by atoms with Crippen LogP contribution in [0.15, 0.2) is 18.2 Å². The first-order valence-corrected chi connectivity index (χ1v) is 9.44. The summed E-state index contributed by atoms with van der Waals surface area (Å²) in [6, 6.07) is 5.63. The summed E-state index contributed by atoms with van der Waals surface area (Å²) < 4.78 is 10.9. The zero-order chi connectivity index (χ0) is 18.8. The molecular weight excluding hydrogens is 344 g/mol. The zero-order valence-corrected chi connectivity index (χ0v) is 15.9. The number of rotatable bonds is 4. The van der Waals surface area contributed by atoms with Crippen molar-refractivity contribution in [3.05, 3.63) is 29.3 Å². The van der Waals surface area contributed by atoms with E-state index in [1.54, 1.807) is 13.2 Å². The Morgan fingerprint density at radius 2 is 2.19 bits per heavy atom. The maximum atomic E-state index is 10.4. The Hall–Kier alpha value is -2.38. The molecule has 4 rings (SSSR count). The first-order valence-electron chi connectivity index (χ1n) is 9.44. The highest BCUT2D eigenvalue weighted by Gasteiger charge is 2.25. The first kappa shape index (κ1) is 18.0. The van der Waals surface area contributed by atoms with Crippen LogP contribution in [0.25, 0.3) is 11.3 Å². The lowest BCUT2D eigenvalue weighted by Gasteiger charge is -2.31. The average Bonchev–Trinajstić information content (AvgIpc) is 2.68. The number of aromatic nitrogens is 2. The van der Waals surface area contributed by atoms with Gasteiger partial charge in [-0.05, 0) is 50.6 Å². The van der Waals surface area contributed by atoms with Crippen LogP contribution < -0.4 is 10.1 Å². The number of methoxy groups -OCH3 is 1. The van der Waals surface area contributed by atoms with Crippen LogP contribution in [-0.2, 0) is 17.8 Å². The third kappa shape index (κ3) is 3.70.